The van der Waals surface area contributed by atoms with Crippen LogP contribution in [0.3, 0.4) is 0 Å². The van der Waals surface area contributed by atoms with Gasteiger partial charge in [0.2, 0.25) is 0 Å². The third-order valence-corrected chi connectivity index (χ3v) is 6.29. The van der Waals surface area contributed by atoms with Gasteiger partial charge in [0.1, 0.15) is 17.0 Å². The molecule has 0 saturated heterocycles. The van der Waals surface area contributed by atoms with E-state index in [4.69, 9.17) is 17.3 Å². The highest BCUT2D eigenvalue weighted by atomic mass is 35.5. The van der Waals surface area contributed by atoms with Gasteiger partial charge in [0.05, 0.1) is 16.6 Å². The monoisotopic (exact) mass is 507 g/mol. The molecule has 0 spiro atoms. The van der Waals surface area contributed by atoms with Gasteiger partial charge in [-0.3, -0.25) is 0 Å². The van der Waals surface area contributed by atoms with Crippen molar-refractivity contribution in [2.24, 2.45) is 5.73 Å². The van der Waals surface area contributed by atoms with Gasteiger partial charge in [-0.1, -0.05) is 72.3 Å². The molecule has 36 heavy (non-hydrogen) atoms. The van der Waals surface area contributed by atoms with Crippen LogP contribution >= 0.6 is 11.6 Å². The van der Waals surface area contributed by atoms with E-state index in [1.807, 2.05) is 42.5 Å². The van der Waals surface area contributed by atoms with Crippen LogP contribution in [0.4, 0.5) is 17.6 Å². The van der Waals surface area contributed by atoms with Crippen molar-refractivity contribution in [3.63, 3.8) is 0 Å². The fourth-order valence-electron chi connectivity index (χ4n) is 4.21. The van der Waals surface area contributed by atoms with E-state index in [9.17, 15) is 17.6 Å². The smallest absolute Gasteiger partial charge is 0.320 e. The van der Waals surface area contributed by atoms with Gasteiger partial charge in [-0.25, -0.2) is 4.39 Å². The Morgan fingerprint density at radius 3 is 2.25 bits per heavy atom. The van der Waals surface area contributed by atoms with Gasteiger partial charge in [-0.2, -0.15) is 13.2 Å². The Kier molecular flexibility index (Phi) is 6.20. The number of benzene rings is 4. The molecule has 8 heteroatoms. The molecular weight excluding hydrogens is 490 g/mol. The number of halogens is 5. The molecule has 0 amide bonds. The highest BCUT2D eigenvalue weighted by Crippen LogP contribution is 2.39. The van der Waals surface area contributed by atoms with Crippen LogP contribution in [0.2, 0.25) is 5.02 Å². The predicted octanol–water partition coefficient (Wildman–Crippen LogP) is 7.82. The lowest BCUT2D eigenvalue weighted by Crippen LogP contribution is -2.16. The predicted molar refractivity (Wildman–Crippen MR) is 133 cm³/mol. The molecule has 1 unspecified atom stereocenters. The Labute approximate surface area is 209 Å². The number of nitrogens with two attached hydrogens (primary N) is 1. The maximum atomic E-state index is 14.6. The van der Waals surface area contributed by atoms with E-state index < -0.39 is 23.6 Å². The van der Waals surface area contributed by atoms with E-state index in [1.165, 1.54) is 0 Å². The van der Waals surface area contributed by atoms with Crippen molar-refractivity contribution in [1.82, 2.24) is 10.2 Å². The summed E-state index contributed by atoms with van der Waals surface area (Å²) in [7, 11) is 0. The Hall–Kier alpha value is -3.81. The van der Waals surface area contributed by atoms with E-state index in [-0.39, 0.29) is 5.56 Å². The minimum Gasteiger partial charge on any atom is -0.320 e. The second-order valence-corrected chi connectivity index (χ2v) is 8.67. The van der Waals surface area contributed by atoms with Crippen molar-refractivity contribution in [3.8, 4) is 22.4 Å². The van der Waals surface area contributed by atoms with Crippen LogP contribution in [0, 0.1) is 5.82 Å². The molecule has 0 bridgehead atoms. The molecule has 0 radical (unpaired) electrons. The van der Waals surface area contributed by atoms with Gasteiger partial charge in [0.25, 0.3) is 0 Å². The average molecular weight is 508 g/mol. The van der Waals surface area contributed by atoms with E-state index >= 15 is 0 Å². The third kappa shape index (κ3) is 4.43. The first-order chi connectivity index (χ1) is 17.2. The maximum Gasteiger partial charge on any atom is 0.416 e. The lowest BCUT2D eigenvalue weighted by Gasteiger charge is -2.18. The van der Waals surface area contributed by atoms with Crippen molar-refractivity contribution in [2.45, 2.75) is 12.2 Å². The molecule has 0 fully saturated rings. The molecule has 0 aliphatic heterocycles. The van der Waals surface area contributed by atoms with Crippen molar-refractivity contribution >= 4 is 22.5 Å². The quantitative estimate of drug-likeness (QED) is 0.252. The summed E-state index contributed by atoms with van der Waals surface area (Å²) in [4.78, 5) is 0. The second kappa shape index (κ2) is 9.33. The number of hydrogen-bond donors (Lipinski definition) is 1. The number of rotatable bonds is 4. The van der Waals surface area contributed by atoms with Crippen LogP contribution in [0.25, 0.3) is 33.3 Å². The maximum absolute atomic E-state index is 14.6. The first kappa shape index (κ1) is 23.9. The summed E-state index contributed by atoms with van der Waals surface area (Å²) >= 11 is 6.39. The highest BCUT2D eigenvalue weighted by molar-refractivity contribution is 6.35. The molecule has 1 aromatic heterocycles. The molecule has 2 N–H and O–H groups in total. The number of hydrogen-bond acceptors (Lipinski definition) is 3. The highest BCUT2D eigenvalue weighted by Gasteiger charge is 2.32. The Morgan fingerprint density at radius 2 is 1.50 bits per heavy atom. The summed E-state index contributed by atoms with van der Waals surface area (Å²) < 4.78 is 54.3. The fraction of sp³-hybridized carbons (Fsp3) is 0.0714. The van der Waals surface area contributed by atoms with E-state index in [0.717, 1.165) is 28.6 Å². The van der Waals surface area contributed by atoms with Crippen LogP contribution < -0.4 is 5.73 Å². The van der Waals surface area contributed by atoms with Crippen molar-refractivity contribution in [2.75, 3.05) is 0 Å². The first-order valence-corrected chi connectivity index (χ1v) is 11.3. The zero-order chi connectivity index (χ0) is 25.4. The normalized spacial score (nSPS) is 12.6. The van der Waals surface area contributed by atoms with Crippen molar-refractivity contribution in [3.05, 3.63) is 119 Å². The van der Waals surface area contributed by atoms with Crippen LogP contribution in [-0.4, -0.2) is 10.2 Å². The summed E-state index contributed by atoms with van der Waals surface area (Å²) in [6, 6.07) is 22.9. The summed E-state index contributed by atoms with van der Waals surface area (Å²) in [6.07, 6.45) is -4.62. The number of alkyl halides is 3. The lowest BCUT2D eigenvalue weighted by atomic mass is 9.91. The SMILES string of the molecule is NC(c1cccc(-c2c(-c3ccccc3)nnc3c(Cl)cccc23)c1)c1cc(C(F)(F)F)ccc1F. The Balaban J connectivity index is 1.69. The number of fused-ring (bicyclic) bond motifs is 1. The van der Waals surface area contributed by atoms with Crippen LogP contribution in [0.15, 0.2) is 91.0 Å². The summed E-state index contributed by atoms with van der Waals surface area (Å²) in [5.74, 6) is -0.811. The molecule has 1 heterocycles. The van der Waals surface area contributed by atoms with Gasteiger partial charge in [-0.05, 0) is 41.5 Å². The van der Waals surface area contributed by atoms with Gasteiger partial charge in [0.15, 0.2) is 0 Å². The fourth-order valence-corrected chi connectivity index (χ4v) is 4.42. The van der Waals surface area contributed by atoms with Gasteiger partial charge in [-0.15, -0.1) is 10.2 Å². The molecule has 0 aliphatic rings. The Bertz CT molecular complexity index is 1570. The Morgan fingerprint density at radius 1 is 0.778 bits per heavy atom. The second-order valence-electron chi connectivity index (χ2n) is 8.26. The van der Waals surface area contributed by atoms with Crippen LogP contribution in [0.5, 0.6) is 0 Å². The van der Waals surface area contributed by atoms with E-state index in [0.29, 0.717) is 33.4 Å². The third-order valence-electron chi connectivity index (χ3n) is 5.98. The van der Waals surface area contributed by atoms with Crippen LogP contribution in [-0.2, 0) is 6.18 Å². The minimum atomic E-state index is -4.62. The molecule has 5 rings (SSSR count). The van der Waals surface area contributed by atoms with Gasteiger partial charge >= 0.3 is 6.18 Å². The molecule has 5 aromatic rings. The van der Waals surface area contributed by atoms with E-state index in [1.54, 1.807) is 30.3 Å². The molecule has 180 valence electrons. The standard InChI is InChI=1S/C28H18ClF4N3/c29-22-11-5-10-20-24(26(35-36-27(20)22)16-6-2-1-3-7-16)17-8-4-9-18(14-17)25(34)21-15-19(28(31,32)33)12-13-23(21)30/h1-15,25H,34H2. The summed E-state index contributed by atoms with van der Waals surface area (Å²) in [5, 5.41) is 9.95. The molecular formula is C28H18ClF4N3. The largest absolute Gasteiger partial charge is 0.416 e. The molecule has 3 nitrogen and oxygen atoms in total. The number of aromatic nitrogens is 2. The zero-order valence-corrected chi connectivity index (χ0v) is 19.4. The first-order valence-electron chi connectivity index (χ1n) is 11.0. The minimum absolute atomic E-state index is 0.244. The van der Waals surface area contributed by atoms with E-state index in [2.05, 4.69) is 10.2 Å². The molecule has 0 aliphatic carbocycles. The molecule has 1 atom stereocenters. The van der Waals surface area contributed by atoms with Crippen molar-refractivity contribution < 1.29 is 17.6 Å². The molecule has 0 saturated carbocycles. The van der Waals surface area contributed by atoms with Gasteiger partial charge in [0, 0.05) is 22.1 Å². The van der Waals surface area contributed by atoms with Crippen molar-refractivity contribution in [1.29, 1.82) is 0 Å². The summed E-state index contributed by atoms with van der Waals surface area (Å²) in [6.45, 7) is 0. The molecule has 4 aromatic carbocycles. The lowest BCUT2D eigenvalue weighted by molar-refractivity contribution is -0.137. The topological polar surface area (TPSA) is 51.8 Å². The average Bonchev–Trinajstić information content (AvgIpc) is 2.88. The number of nitrogens with zero attached hydrogens (tertiary/aromatic N) is 2. The zero-order valence-electron chi connectivity index (χ0n) is 18.6. The van der Waals surface area contributed by atoms with Gasteiger partial charge < -0.3 is 5.73 Å². The summed E-state index contributed by atoms with van der Waals surface area (Å²) in [5.41, 5.74) is 8.89. The van der Waals surface area contributed by atoms with Crippen LogP contribution in [0.1, 0.15) is 22.7 Å².